The van der Waals surface area contributed by atoms with Gasteiger partial charge < -0.3 is 11.5 Å². The van der Waals surface area contributed by atoms with E-state index >= 15 is 0 Å². The lowest BCUT2D eigenvalue weighted by molar-refractivity contribution is -0.138. The highest BCUT2D eigenvalue weighted by Crippen LogP contribution is 2.36. The Kier molecular flexibility index (Phi) is 7.33. The fourth-order valence-corrected chi connectivity index (χ4v) is 1.81. The molecular weight excluding hydrogens is 284 g/mol. The molecule has 1 atom stereocenters. The minimum Gasteiger partial charge on any atom is -0.330 e. The highest BCUT2D eigenvalue weighted by atomic mass is 35.5. The Hall–Kier alpha value is -0.850. The molecule has 0 aliphatic rings. The molecule has 0 aromatic heterocycles. The third kappa shape index (κ3) is 4.97. The van der Waals surface area contributed by atoms with Gasteiger partial charge in [0.2, 0.25) is 0 Å². The van der Waals surface area contributed by atoms with Crippen LogP contribution in [0.5, 0.6) is 0 Å². The second-order valence-electron chi connectivity index (χ2n) is 4.09. The number of hydrogen-bond donors (Lipinski definition) is 2. The lowest BCUT2D eigenvalue weighted by Crippen LogP contribution is -2.19. The molecule has 0 spiro atoms. The van der Waals surface area contributed by atoms with Crippen LogP contribution in [-0.4, -0.2) is 6.54 Å². The highest BCUT2D eigenvalue weighted by molar-refractivity contribution is 5.85. The third-order valence-electron chi connectivity index (χ3n) is 2.70. The van der Waals surface area contributed by atoms with E-state index < -0.39 is 29.2 Å². The van der Waals surface area contributed by atoms with Crippen LogP contribution in [0, 0.1) is 5.82 Å². The molecular formula is C12H17ClF4N2. The molecule has 0 fully saturated rings. The van der Waals surface area contributed by atoms with Gasteiger partial charge in [0.25, 0.3) is 0 Å². The first kappa shape index (κ1) is 18.1. The zero-order chi connectivity index (χ0) is 13.8. The smallest absolute Gasteiger partial charge is 0.330 e. The van der Waals surface area contributed by atoms with E-state index in [0.717, 1.165) is 18.2 Å². The molecule has 0 amide bonds. The topological polar surface area (TPSA) is 52.0 Å². The normalized spacial score (nSPS) is 12.9. The van der Waals surface area contributed by atoms with Crippen LogP contribution in [0.25, 0.3) is 0 Å². The number of benzene rings is 1. The molecule has 4 N–H and O–H groups in total. The lowest BCUT2D eigenvalue weighted by atomic mass is 9.96. The molecule has 0 aliphatic heterocycles. The summed E-state index contributed by atoms with van der Waals surface area (Å²) in [5, 5.41) is 0. The van der Waals surface area contributed by atoms with E-state index in [1.165, 1.54) is 0 Å². The first-order chi connectivity index (χ1) is 8.38. The molecule has 7 heteroatoms. The molecule has 2 nitrogen and oxygen atoms in total. The Morgan fingerprint density at radius 1 is 1.16 bits per heavy atom. The number of unbranched alkanes of at least 4 members (excludes halogenated alkanes) is 1. The van der Waals surface area contributed by atoms with Crippen LogP contribution in [0.15, 0.2) is 18.2 Å². The van der Waals surface area contributed by atoms with Crippen molar-refractivity contribution in [3.8, 4) is 0 Å². The van der Waals surface area contributed by atoms with Gasteiger partial charge in [0.05, 0.1) is 5.56 Å². The van der Waals surface area contributed by atoms with Crippen molar-refractivity contribution < 1.29 is 17.6 Å². The van der Waals surface area contributed by atoms with Gasteiger partial charge in [-0.15, -0.1) is 12.4 Å². The van der Waals surface area contributed by atoms with Crippen molar-refractivity contribution >= 4 is 12.4 Å². The average Bonchev–Trinajstić information content (AvgIpc) is 2.27. The SMILES string of the molecule is Cl.NCCCC[C@@H](N)c1c(F)cccc1C(F)(F)F. The third-order valence-corrected chi connectivity index (χ3v) is 2.70. The van der Waals surface area contributed by atoms with E-state index in [0.29, 0.717) is 19.4 Å². The number of hydrogen-bond acceptors (Lipinski definition) is 2. The molecule has 0 saturated carbocycles. The molecule has 0 unspecified atom stereocenters. The van der Waals surface area contributed by atoms with Crippen LogP contribution in [0.4, 0.5) is 17.6 Å². The van der Waals surface area contributed by atoms with Crippen molar-refractivity contribution in [1.82, 2.24) is 0 Å². The molecule has 19 heavy (non-hydrogen) atoms. The second-order valence-corrected chi connectivity index (χ2v) is 4.09. The Balaban J connectivity index is 0.00000324. The molecule has 0 radical (unpaired) electrons. The van der Waals surface area contributed by atoms with Crippen LogP contribution in [0.2, 0.25) is 0 Å². The molecule has 1 aromatic rings. The fraction of sp³-hybridized carbons (Fsp3) is 0.500. The van der Waals surface area contributed by atoms with E-state index in [2.05, 4.69) is 0 Å². The maximum absolute atomic E-state index is 13.5. The first-order valence-corrected chi connectivity index (χ1v) is 5.69. The van der Waals surface area contributed by atoms with E-state index in [9.17, 15) is 17.6 Å². The zero-order valence-corrected chi connectivity index (χ0v) is 11.0. The quantitative estimate of drug-likeness (QED) is 0.647. The maximum Gasteiger partial charge on any atom is 0.416 e. The van der Waals surface area contributed by atoms with E-state index in [1.54, 1.807) is 0 Å². The Bertz CT molecular complexity index is 396. The summed E-state index contributed by atoms with van der Waals surface area (Å²) >= 11 is 0. The van der Waals surface area contributed by atoms with Gasteiger partial charge in [-0.2, -0.15) is 13.2 Å². The average molecular weight is 301 g/mol. The highest BCUT2D eigenvalue weighted by Gasteiger charge is 2.35. The monoisotopic (exact) mass is 300 g/mol. The van der Waals surface area contributed by atoms with Gasteiger partial charge in [0.1, 0.15) is 5.82 Å². The molecule has 0 saturated heterocycles. The van der Waals surface area contributed by atoms with E-state index in [-0.39, 0.29) is 18.8 Å². The minimum absolute atomic E-state index is 0. The van der Waals surface area contributed by atoms with Crippen molar-refractivity contribution in [2.24, 2.45) is 11.5 Å². The van der Waals surface area contributed by atoms with Gasteiger partial charge in [-0.25, -0.2) is 4.39 Å². The predicted molar refractivity (Wildman–Crippen MR) is 68.5 cm³/mol. The summed E-state index contributed by atoms with van der Waals surface area (Å²) in [5.41, 5.74) is 9.49. The van der Waals surface area contributed by atoms with Gasteiger partial charge in [-0.3, -0.25) is 0 Å². The van der Waals surface area contributed by atoms with Crippen molar-refractivity contribution in [2.75, 3.05) is 6.54 Å². The summed E-state index contributed by atoms with van der Waals surface area (Å²) in [6, 6.07) is 1.91. The first-order valence-electron chi connectivity index (χ1n) is 5.69. The number of halogens is 5. The number of rotatable bonds is 5. The van der Waals surface area contributed by atoms with Gasteiger partial charge >= 0.3 is 6.18 Å². The molecule has 0 aliphatic carbocycles. The maximum atomic E-state index is 13.5. The Morgan fingerprint density at radius 3 is 2.32 bits per heavy atom. The second kappa shape index (κ2) is 7.67. The summed E-state index contributed by atoms with van der Waals surface area (Å²) < 4.78 is 51.7. The van der Waals surface area contributed by atoms with E-state index in [4.69, 9.17) is 11.5 Å². The summed E-state index contributed by atoms with van der Waals surface area (Å²) in [7, 11) is 0. The molecule has 1 rings (SSSR count). The summed E-state index contributed by atoms with van der Waals surface area (Å²) in [6.07, 6.45) is -3.09. The zero-order valence-electron chi connectivity index (χ0n) is 10.2. The van der Waals surface area contributed by atoms with Gasteiger partial charge in [0.15, 0.2) is 0 Å². The minimum atomic E-state index is -4.59. The van der Waals surface area contributed by atoms with Crippen molar-refractivity contribution in [1.29, 1.82) is 0 Å². The van der Waals surface area contributed by atoms with Crippen molar-refractivity contribution in [3.05, 3.63) is 35.1 Å². The van der Waals surface area contributed by atoms with Crippen LogP contribution < -0.4 is 11.5 Å². The summed E-state index contributed by atoms with van der Waals surface area (Å²) in [5.74, 6) is -0.912. The van der Waals surface area contributed by atoms with Crippen LogP contribution in [0.1, 0.15) is 36.4 Å². The van der Waals surface area contributed by atoms with Crippen LogP contribution >= 0.6 is 12.4 Å². The lowest BCUT2D eigenvalue weighted by Gasteiger charge is -2.18. The standard InChI is InChI=1S/C12H16F4N2.ClH/c13-9-5-3-4-8(12(14,15)16)11(9)10(18)6-1-2-7-17;/h3-5,10H,1-2,6-7,17-18H2;1H/t10-;/m1./s1. The van der Waals surface area contributed by atoms with Crippen molar-refractivity contribution in [3.63, 3.8) is 0 Å². The Labute approximate surface area is 115 Å². The molecule has 1 aromatic carbocycles. The molecule has 0 heterocycles. The number of alkyl halides is 3. The van der Waals surface area contributed by atoms with Gasteiger partial charge in [-0.05, 0) is 31.5 Å². The van der Waals surface area contributed by atoms with Gasteiger partial charge in [0, 0.05) is 11.6 Å². The van der Waals surface area contributed by atoms with Crippen LogP contribution in [-0.2, 0) is 6.18 Å². The summed E-state index contributed by atoms with van der Waals surface area (Å²) in [6.45, 7) is 0.441. The predicted octanol–water partition coefficient (Wildman–Crippen LogP) is 3.40. The molecule has 0 bridgehead atoms. The summed E-state index contributed by atoms with van der Waals surface area (Å²) in [4.78, 5) is 0. The van der Waals surface area contributed by atoms with Crippen molar-refractivity contribution in [2.45, 2.75) is 31.5 Å². The number of nitrogens with two attached hydrogens (primary N) is 2. The van der Waals surface area contributed by atoms with Gasteiger partial charge in [-0.1, -0.05) is 12.5 Å². The fourth-order valence-electron chi connectivity index (χ4n) is 1.81. The largest absolute Gasteiger partial charge is 0.416 e. The van der Waals surface area contributed by atoms with E-state index in [1.807, 2.05) is 0 Å². The Morgan fingerprint density at radius 2 is 1.79 bits per heavy atom. The van der Waals surface area contributed by atoms with Crippen LogP contribution in [0.3, 0.4) is 0 Å². The molecule has 110 valence electrons.